The predicted octanol–water partition coefficient (Wildman–Crippen LogP) is 0.903. The van der Waals surface area contributed by atoms with Gasteiger partial charge in [0.25, 0.3) is 0 Å². The highest BCUT2D eigenvalue weighted by atomic mass is 16.6. The maximum atomic E-state index is 11.3. The average molecular weight is 207 g/mol. The number of rotatable bonds is 0. The highest BCUT2D eigenvalue weighted by molar-refractivity contribution is 5.78. The van der Waals surface area contributed by atoms with Gasteiger partial charge in [-0.25, -0.2) is 4.79 Å². The van der Waals surface area contributed by atoms with E-state index in [1.54, 1.807) is 19.2 Å². The average Bonchev–Trinajstić information content (AvgIpc) is 2.52. The normalized spacial score (nSPS) is 14.5. The lowest BCUT2D eigenvalue weighted by Crippen LogP contribution is -2.15. The van der Waals surface area contributed by atoms with Crippen LogP contribution in [-0.4, -0.2) is 17.8 Å². The summed E-state index contributed by atoms with van der Waals surface area (Å²) >= 11 is 0. The molecule has 5 heteroatoms. The summed E-state index contributed by atoms with van der Waals surface area (Å²) in [4.78, 5) is 11.3. The van der Waals surface area contributed by atoms with Crippen LogP contribution >= 0.6 is 0 Å². The van der Waals surface area contributed by atoms with Crippen LogP contribution < -0.4 is 15.2 Å². The van der Waals surface area contributed by atoms with Crippen molar-refractivity contribution in [3.05, 3.63) is 22.7 Å². The summed E-state index contributed by atoms with van der Waals surface area (Å²) < 4.78 is 17.3. The molecular weight excluding hydrogens is 198 g/mol. The van der Waals surface area contributed by atoms with Gasteiger partial charge in [0, 0.05) is 19.2 Å². The fourth-order valence-corrected chi connectivity index (χ4v) is 1.66. The van der Waals surface area contributed by atoms with Crippen LogP contribution in [0.4, 0.5) is 0 Å². The second-order valence-electron chi connectivity index (χ2n) is 3.39. The minimum absolute atomic E-state index is 0.382. The van der Waals surface area contributed by atoms with Gasteiger partial charge in [0.2, 0.25) is 0 Å². The Balaban J connectivity index is 2.35. The van der Waals surface area contributed by atoms with Gasteiger partial charge in [-0.1, -0.05) is 0 Å². The third-order valence-electron chi connectivity index (χ3n) is 2.46. The minimum atomic E-state index is -0.382. The van der Waals surface area contributed by atoms with E-state index in [9.17, 15) is 4.79 Å². The van der Waals surface area contributed by atoms with Gasteiger partial charge in [-0.05, 0) is 0 Å². The zero-order valence-electron chi connectivity index (χ0n) is 8.15. The van der Waals surface area contributed by atoms with Gasteiger partial charge >= 0.3 is 5.76 Å². The molecule has 1 aromatic carbocycles. The predicted molar refractivity (Wildman–Crippen MR) is 52.4 cm³/mol. The standard InChI is InChI=1S/C10H9NO4/c1-11-6-4-8-9(14-3-2-13-8)5-7(6)15-10(11)12/h4-5H,2-3H2,1H3. The van der Waals surface area contributed by atoms with Crippen LogP contribution in [0.5, 0.6) is 11.5 Å². The fourth-order valence-electron chi connectivity index (χ4n) is 1.66. The van der Waals surface area contributed by atoms with Gasteiger partial charge in [0.15, 0.2) is 17.1 Å². The summed E-state index contributed by atoms with van der Waals surface area (Å²) in [6.07, 6.45) is 0. The summed E-state index contributed by atoms with van der Waals surface area (Å²) in [7, 11) is 1.66. The molecule has 15 heavy (non-hydrogen) atoms. The van der Waals surface area contributed by atoms with Crippen LogP contribution in [0.15, 0.2) is 21.3 Å². The summed E-state index contributed by atoms with van der Waals surface area (Å²) in [6, 6.07) is 3.44. The lowest BCUT2D eigenvalue weighted by molar-refractivity contribution is 0.172. The first-order valence-electron chi connectivity index (χ1n) is 4.65. The molecule has 78 valence electrons. The summed E-state index contributed by atoms with van der Waals surface area (Å²) in [5, 5.41) is 0. The van der Waals surface area contributed by atoms with Crippen LogP contribution in [0.1, 0.15) is 0 Å². The van der Waals surface area contributed by atoms with E-state index in [1.807, 2.05) is 0 Å². The first-order valence-corrected chi connectivity index (χ1v) is 4.65. The molecule has 0 amide bonds. The van der Waals surface area contributed by atoms with Gasteiger partial charge < -0.3 is 13.9 Å². The Morgan fingerprint density at radius 1 is 1.20 bits per heavy atom. The zero-order chi connectivity index (χ0) is 10.4. The molecule has 0 radical (unpaired) electrons. The number of aryl methyl sites for hydroxylation is 1. The number of hydrogen-bond acceptors (Lipinski definition) is 4. The van der Waals surface area contributed by atoms with Crippen molar-refractivity contribution in [1.82, 2.24) is 4.57 Å². The highest BCUT2D eigenvalue weighted by Crippen LogP contribution is 2.33. The van der Waals surface area contributed by atoms with Crippen LogP contribution in [0.25, 0.3) is 11.1 Å². The number of hydrogen-bond donors (Lipinski definition) is 0. The molecule has 0 saturated carbocycles. The molecule has 1 aliphatic heterocycles. The van der Waals surface area contributed by atoms with E-state index in [4.69, 9.17) is 13.9 Å². The SMILES string of the molecule is Cn1c(=O)oc2cc3c(cc21)OCCO3. The highest BCUT2D eigenvalue weighted by Gasteiger charge is 2.16. The fraction of sp³-hybridized carbons (Fsp3) is 0.300. The lowest BCUT2D eigenvalue weighted by atomic mass is 10.2. The number of aromatic nitrogens is 1. The molecule has 5 nitrogen and oxygen atoms in total. The molecule has 0 N–H and O–H groups in total. The van der Waals surface area contributed by atoms with Crippen LogP contribution in [0, 0.1) is 0 Å². The molecule has 3 rings (SSSR count). The first-order chi connectivity index (χ1) is 7.25. The molecule has 0 atom stereocenters. The molecule has 0 bridgehead atoms. The molecule has 1 aliphatic rings. The van der Waals surface area contributed by atoms with Gasteiger partial charge in [0.1, 0.15) is 13.2 Å². The Kier molecular flexibility index (Phi) is 1.56. The molecule has 0 saturated heterocycles. The van der Waals surface area contributed by atoms with Crippen LogP contribution in [0.2, 0.25) is 0 Å². The monoisotopic (exact) mass is 207 g/mol. The van der Waals surface area contributed by atoms with Crippen molar-refractivity contribution >= 4 is 11.1 Å². The Morgan fingerprint density at radius 3 is 2.60 bits per heavy atom. The Morgan fingerprint density at radius 2 is 1.87 bits per heavy atom. The molecule has 2 heterocycles. The summed E-state index contributed by atoms with van der Waals surface area (Å²) in [5.41, 5.74) is 1.23. The van der Waals surface area contributed by atoms with Gasteiger partial charge in [0.05, 0.1) is 5.52 Å². The van der Waals surface area contributed by atoms with Gasteiger partial charge in [-0.3, -0.25) is 4.57 Å². The third-order valence-corrected chi connectivity index (χ3v) is 2.46. The van der Waals surface area contributed by atoms with E-state index in [1.165, 1.54) is 4.57 Å². The second-order valence-corrected chi connectivity index (χ2v) is 3.39. The maximum Gasteiger partial charge on any atom is 0.419 e. The topological polar surface area (TPSA) is 53.6 Å². The maximum absolute atomic E-state index is 11.3. The van der Waals surface area contributed by atoms with Crippen molar-refractivity contribution in [3.63, 3.8) is 0 Å². The van der Waals surface area contributed by atoms with Crippen molar-refractivity contribution in [2.75, 3.05) is 13.2 Å². The van der Waals surface area contributed by atoms with Crippen molar-refractivity contribution in [2.24, 2.45) is 7.05 Å². The third kappa shape index (κ3) is 1.12. The lowest BCUT2D eigenvalue weighted by Gasteiger charge is -2.17. The van der Waals surface area contributed by atoms with Gasteiger partial charge in [-0.15, -0.1) is 0 Å². The van der Waals surface area contributed by atoms with E-state index in [2.05, 4.69) is 0 Å². The number of benzene rings is 1. The number of fused-ring (bicyclic) bond motifs is 2. The molecule has 2 aromatic rings. The molecular formula is C10H9NO4. The van der Waals surface area contributed by atoms with E-state index >= 15 is 0 Å². The molecule has 0 spiro atoms. The number of ether oxygens (including phenoxy) is 2. The van der Waals surface area contributed by atoms with E-state index in [0.717, 1.165) is 0 Å². The van der Waals surface area contributed by atoms with Crippen LogP contribution in [-0.2, 0) is 7.05 Å². The van der Waals surface area contributed by atoms with Crippen molar-refractivity contribution in [3.8, 4) is 11.5 Å². The number of nitrogens with zero attached hydrogens (tertiary/aromatic N) is 1. The van der Waals surface area contributed by atoms with Crippen molar-refractivity contribution in [1.29, 1.82) is 0 Å². The summed E-state index contributed by atoms with van der Waals surface area (Å²) in [6.45, 7) is 1.06. The quantitative estimate of drug-likeness (QED) is 0.644. The Labute approximate surface area is 84.8 Å². The van der Waals surface area contributed by atoms with E-state index in [-0.39, 0.29) is 5.76 Å². The largest absolute Gasteiger partial charge is 0.486 e. The Bertz CT molecular complexity index is 581. The molecule has 0 aliphatic carbocycles. The zero-order valence-corrected chi connectivity index (χ0v) is 8.15. The molecule has 0 unspecified atom stereocenters. The van der Waals surface area contributed by atoms with Crippen molar-refractivity contribution < 1.29 is 13.9 Å². The van der Waals surface area contributed by atoms with Gasteiger partial charge in [-0.2, -0.15) is 0 Å². The molecule has 1 aromatic heterocycles. The van der Waals surface area contributed by atoms with E-state index in [0.29, 0.717) is 35.8 Å². The summed E-state index contributed by atoms with van der Waals surface area (Å²) in [5.74, 6) is 0.903. The minimum Gasteiger partial charge on any atom is -0.486 e. The van der Waals surface area contributed by atoms with E-state index < -0.39 is 0 Å². The molecule has 0 fully saturated rings. The van der Waals surface area contributed by atoms with Crippen LogP contribution in [0.3, 0.4) is 0 Å². The van der Waals surface area contributed by atoms with Crippen molar-refractivity contribution in [2.45, 2.75) is 0 Å². The second kappa shape index (κ2) is 2.79. The first kappa shape index (κ1) is 8.40. The smallest absolute Gasteiger partial charge is 0.419 e. The Hall–Kier alpha value is -1.91. The number of oxazole rings is 1.